The third-order valence-corrected chi connectivity index (χ3v) is 3.63. The Balaban J connectivity index is 2.68. The van der Waals surface area contributed by atoms with Gasteiger partial charge in [0.15, 0.2) is 0 Å². The average molecular weight is 270 g/mol. The quantitative estimate of drug-likeness (QED) is 0.853. The first-order valence-corrected chi connectivity index (χ1v) is 7.64. The minimum Gasteiger partial charge on any atom is -0.384 e. The highest BCUT2D eigenvalue weighted by Gasteiger charge is 2.19. The molecule has 0 radical (unpaired) electrons. The van der Waals surface area contributed by atoms with Crippen LogP contribution in [0.25, 0.3) is 10.9 Å². The summed E-state index contributed by atoms with van der Waals surface area (Å²) >= 11 is 0. The van der Waals surface area contributed by atoms with Gasteiger partial charge < -0.3 is 5.32 Å². The second-order valence-corrected chi connectivity index (χ2v) is 6.39. The van der Waals surface area contributed by atoms with Gasteiger partial charge in [-0.2, -0.15) is 0 Å². The third-order valence-electron chi connectivity index (χ3n) is 3.63. The smallest absolute Gasteiger partial charge is 0.0763 e. The van der Waals surface area contributed by atoms with E-state index in [2.05, 4.69) is 64.2 Å². The first-order chi connectivity index (χ1) is 9.47. The van der Waals surface area contributed by atoms with Crippen LogP contribution in [0.5, 0.6) is 0 Å². The molecular weight excluding hydrogens is 244 g/mol. The van der Waals surface area contributed by atoms with E-state index in [0.717, 1.165) is 30.6 Å². The Kier molecular flexibility index (Phi) is 4.32. The molecule has 1 N–H and O–H groups in total. The van der Waals surface area contributed by atoms with Crippen molar-refractivity contribution in [3.05, 3.63) is 35.5 Å². The summed E-state index contributed by atoms with van der Waals surface area (Å²) in [6.45, 7) is 12.1. The molecule has 1 heterocycles. The predicted octanol–water partition coefficient (Wildman–Crippen LogP) is 4.92. The fourth-order valence-electron chi connectivity index (χ4n) is 2.49. The number of para-hydroxylation sites is 1. The summed E-state index contributed by atoms with van der Waals surface area (Å²) < 4.78 is 0. The Hall–Kier alpha value is -1.57. The lowest BCUT2D eigenvalue weighted by atomic mass is 9.85. The zero-order valence-electron chi connectivity index (χ0n) is 13.4. The molecule has 1 aromatic carbocycles. The maximum absolute atomic E-state index is 4.89. The molecule has 20 heavy (non-hydrogen) atoms. The number of benzene rings is 1. The van der Waals surface area contributed by atoms with Gasteiger partial charge in [0.2, 0.25) is 0 Å². The maximum Gasteiger partial charge on any atom is 0.0763 e. The molecule has 1 aromatic heterocycles. The minimum atomic E-state index is 0.112. The first kappa shape index (κ1) is 14.8. The summed E-state index contributed by atoms with van der Waals surface area (Å²) in [4.78, 5) is 4.89. The SMILES string of the molecule is CCCNc1cc(CC)nc2c(C(C)(C)C)cccc12. The molecule has 2 aromatic rings. The summed E-state index contributed by atoms with van der Waals surface area (Å²) in [5, 5.41) is 4.79. The number of hydrogen-bond donors (Lipinski definition) is 1. The standard InChI is InChI=1S/C18H26N2/c1-6-11-19-16-12-13(7-2)20-17-14(16)9-8-10-15(17)18(3,4)5/h8-10,12H,6-7,11H2,1-5H3,(H,19,20). The van der Waals surface area contributed by atoms with Crippen molar-refractivity contribution < 1.29 is 0 Å². The van der Waals surface area contributed by atoms with E-state index in [0.29, 0.717) is 0 Å². The summed E-state index contributed by atoms with van der Waals surface area (Å²) in [5.41, 5.74) is 4.97. The Morgan fingerprint density at radius 2 is 1.90 bits per heavy atom. The second kappa shape index (κ2) is 5.82. The monoisotopic (exact) mass is 270 g/mol. The number of aryl methyl sites for hydroxylation is 1. The molecule has 2 rings (SSSR count). The third kappa shape index (κ3) is 2.95. The van der Waals surface area contributed by atoms with Crippen LogP contribution in [0, 0.1) is 0 Å². The number of nitrogens with one attached hydrogen (secondary N) is 1. The molecule has 0 saturated heterocycles. The topological polar surface area (TPSA) is 24.9 Å². The molecule has 0 aliphatic rings. The van der Waals surface area contributed by atoms with Crippen molar-refractivity contribution in [1.82, 2.24) is 4.98 Å². The molecule has 0 saturated carbocycles. The number of anilines is 1. The molecule has 0 fully saturated rings. The highest BCUT2D eigenvalue weighted by atomic mass is 14.9. The van der Waals surface area contributed by atoms with Crippen LogP contribution in [0.4, 0.5) is 5.69 Å². The summed E-state index contributed by atoms with van der Waals surface area (Å²) in [7, 11) is 0. The molecule has 0 bridgehead atoms. The van der Waals surface area contributed by atoms with E-state index in [-0.39, 0.29) is 5.41 Å². The molecule has 0 amide bonds. The normalized spacial score (nSPS) is 11.8. The Morgan fingerprint density at radius 1 is 1.15 bits per heavy atom. The Labute approximate surface area is 122 Å². The molecular formula is C18H26N2. The predicted molar refractivity (Wildman–Crippen MR) is 88.6 cm³/mol. The number of rotatable bonds is 4. The highest BCUT2D eigenvalue weighted by Crippen LogP contribution is 2.32. The van der Waals surface area contributed by atoms with Crippen LogP contribution in [0.15, 0.2) is 24.3 Å². The van der Waals surface area contributed by atoms with Crippen molar-refractivity contribution in [2.75, 3.05) is 11.9 Å². The van der Waals surface area contributed by atoms with Crippen LogP contribution in [0.1, 0.15) is 52.3 Å². The van der Waals surface area contributed by atoms with E-state index in [4.69, 9.17) is 4.98 Å². The number of fused-ring (bicyclic) bond motifs is 1. The molecule has 108 valence electrons. The van der Waals surface area contributed by atoms with Crippen LogP contribution in [0.3, 0.4) is 0 Å². The van der Waals surface area contributed by atoms with Gasteiger partial charge in [0.25, 0.3) is 0 Å². The number of hydrogen-bond acceptors (Lipinski definition) is 2. The lowest BCUT2D eigenvalue weighted by Crippen LogP contribution is -2.13. The molecule has 0 aliphatic heterocycles. The van der Waals surface area contributed by atoms with E-state index in [1.54, 1.807) is 0 Å². The van der Waals surface area contributed by atoms with Gasteiger partial charge in [-0.15, -0.1) is 0 Å². The van der Waals surface area contributed by atoms with Gasteiger partial charge in [-0.05, 0) is 29.9 Å². The lowest BCUT2D eigenvalue weighted by Gasteiger charge is -2.22. The lowest BCUT2D eigenvalue weighted by molar-refractivity contribution is 0.594. The maximum atomic E-state index is 4.89. The van der Waals surface area contributed by atoms with Gasteiger partial charge in [0.1, 0.15) is 0 Å². The average Bonchev–Trinajstić information content (AvgIpc) is 2.42. The molecule has 2 nitrogen and oxygen atoms in total. The summed E-state index contributed by atoms with van der Waals surface area (Å²) in [6.07, 6.45) is 2.10. The Morgan fingerprint density at radius 3 is 2.50 bits per heavy atom. The van der Waals surface area contributed by atoms with Crippen molar-refractivity contribution in [1.29, 1.82) is 0 Å². The van der Waals surface area contributed by atoms with E-state index >= 15 is 0 Å². The van der Waals surface area contributed by atoms with Crippen molar-refractivity contribution in [3.63, 3.8) is 0 Å². The van der Waals surface area contributed by atoms with Crippen molar-refractivity contribution in [3.8, 4) is 0 Å². The van der Waals surface area contributed by atoms with Gasteiger partial charge >= 0.3 is 0 Å². The zero-order valence-corrected chi connectivity index (χ0v) is 13.4. The number of pyridine rings is 1. The Bertz CT molecular complexity index is 594. The van der Waals surface area contributed by atoms with E-state index in [1.165, 1.54) is 16.6 Å². The number of aromatic nitrogens is 1. The van der Waals surface area contributed by atoms with Gasteiger partial charge in [-0.3, -0.25) is 4.98 Å². The minimum absolute atomic E-state index is 0.112. The molecule has 0 atom stereocenters. The summed E-state index contributed by atoms with van der Waals surface area (Å²) in [5.74, 6) is 0. The van der Waals surface area contributed by atoms with Crippen LogP contribution in [0.2, 0.25) is 0 Å². The van der Waals surface area contributed by atoms with Crippen LogP contribution < -0.4 is 5.32 Å². The molecule has 0 spiro atoms. The molecule has 0 unspecified atom stereocenters. The highest BCUT2D eigenvalue weighted by molar-refractivity contribution is 5.94. The van der Waals surface area contributed by atoms with Crippen molar-refractivity contribution in [2.45, 2.75) is 52.9 Å². The van der Waals surface area contributed by atoms with Gasteiger partial charge in [-0.1, -0.05) is 52.8 Å². The van der Waals surface area contributed by atoms with E-state index < -0.39 is 0 Å². The van der Waals surface area contributed by atoms with Crippen LogP contribution in [-0.4, -0.2) is 11.5 Å². The zero-order chi connectivity index (χ0) is 14.8. The van der Waals surface area contributed by atoms with Gasteiger partial charge in [0.05, 0.1) is 5.52 Å². The van der Waals surface area contributed by atoms with Crippen LogP contribution in [-0.2, 0) is 11.8 Å². The van der Waals surface area contributed by atoms with E-state index in [1.807, 2.05) is 0 Å². The van der Waals surface area contributed by atoms with E-state index in [9.17, 15) is 0 Å². The van der Waals surface area contributed by atoms with Gasteiger partial charge in [0, 0.05) is 23.3 Å². The largest absolute Gasteiger partial charge is 0.384 e. The van der Waals surface area contributed by atoms with Crippen LogP contribution >= 0.6 is 0 Å². The fourth-order valence-corrected chi connectivity index (χ4v) is 2.49. The second-order valence-electron chi connectivity index (χ2n) is 6.39. The molecule has 0 aliphatic carbocycles. The van der Waals surface area contributed by atoms with Crippen molar-refractivity contribution in [2.24, 2.45) is 0 Å². The number of nitrogens with zero attached hydrogens (tertiary/aromatic N) is 1. The van der Waals surface area contributed by atoms with Gasteiger partial charge in [-0.25, -0.2) is 0 Å². The molecule has 2 heteroatoms. The first-order valence-electron chi connectivity index (χ1n) is 7.64. The van der Waals surface area contributed by atoms with Crippen molar-refractivity contribution >= 4 is 16.6 Å². The fraction of sp³-hybridized carbons (Fsp3) is 0.500. The summed E-state index contributed by atoms with van der Waals surface area (Å²) in [6, 6.07) is 8.73.